The van der Waals surface area contributed by atoms with Crippen molar-refractivity contribution < 1.29 is 21.9 Å². The fourth-order valence-corrected chi connectivity index (χ4v) is 5.08. The molecule has 2 rings (SSSR count). The SMILES string of the molecule is CCCS(=O)(=O)c1cnc(CNS(=O)(=O)c2cc(Cl)cc(Cl)c2)c(O)c1. The van der Waals surface area contributed by atoms with Gasteiger partial charge in [-0.3, -0.25) is 4.98 Å². The molecule has 1 heterocycles. The number of halogens is 2. The number of nitrogens with one attached hydrogen (secondary N) is 1. The van der Waals surface area contributed by atoms with Crippen LogP contribution < -0.4 is 4.72 Å². The molecule has 2 N–H and O–H groups in total. The number of hydrogen-bond acceptors (Lipinski definition) is 6. The molecule has 7 nitrogen and oxygen atoms in total. The fourth-order valence-electron chi connectivity index (χ4n) is 2.09. The Bertz CT molecular complexity index is 1000. The van der Waals surface area contributed by atoms with E-state index < -0.39 is 25.6 Å². The molecule has 0 radical (unpaired) electrons. The highest BCUT2D eigenvalue weighted by Gasteiger charge is 2.19. The first-order valence-corrected chi connectivity index (χ1v) is 11.3. The van der Waals surface area contributed by atoms with Crippen molar-refractivity contribution in [3.8, 4) is 5.75 Å². The molecule has 11 heteroatoms. The molecule has 0 aliphatic rings. The Kier molecular flexibility index (Phi) is 6.51. The van der Waals surface area contributed by atoms with E-state index in [2.05, 4.69) is 9.71 Å². The van der Waals surface area contributed by atoms with Gasteiger partial charge in [-0.05, 0) is 24.6 Å². The average Bonchev–Trinajstić information content (AvgIpc) is 2.52. The molecular weight excluding hydrogens is 423 g/mol. The lowest BCUT2D eigenvalue weighted by molar-refractivity contribution is 0.460. The molecule has 0 aliphatic heterocycles. The van der Waals surface area contributed by atoms with Crippen LogP contribution >= 0.6 is 23.2 Å². The molecule has 0 aliphatic carbocycles. The van der Waals surface area contributed by atoms with Crippen LogP contribution in [0.15, 0.2) is 40.3 Å². The number of pyridine rings is 1. The van der Waals surface area contributed by atoms with Crippen LogP contribution in [-0.4, -0.2) is 32.7 Å². The lowest BCUT2D eigenvalue weighted by Crippen LogP contribution is -2.24. The third kappa shape index (κ3) is 5.08. The Hall–Kier alpha value is -1.39. The molecule has 1 aromatic carbocycles. The zero-order chi connectivity index (χ0) is 19.5. The Morgan fingerprint density at radius 3 is 2.19 bits per heavy atom. The summed E-state index contributed by atoms with van der Waals surface area (Å²) in [5, 5.41) is 10.3. The van der Waals surface area contributed by atoms with Crippen molar-refractivity contribution in [2.75, 3.05) is 5.75 Å². The molecule has 26 heavy (non-hydrogen) atoms. The lowest BCUT2D eigenvalue weighted by Gasteiger charge is -2.10. The van der Waals surface area contributed by atoms with Crippen LogP contribution in [0.25, 0.3) is 0 Å². The molecule has 0 atom stereocenters. The number of aromatic hydroxyl groups is 1. The summed E-state index contributed by atoms with van der Waals surface area (Å²) in [6.07, 6.45) is 1.51. The maximum atomic E-state index is 12.3. The van der Waals surface area contributed by atoms with Gasteiger partial charge in [-0.15, -0.1) is 0 Å². The van der Waals surface area contributed by atoms with Crippen LogP contribution in [0.5, 0.6) is 5.75 Å². The monoisotopic (exact) mass is 438 g/mol. The predicted octanol–water partition coefficient (Wildman–Crippen LogP) is 2.76. The number of aromatic nitrogens is 1. The van der Waals surface area contributed by atoms with E-state index in [9.17, 15) is 21.9 Å². The molecule has 0 fully saturated rings. The topological polar surface area (TPSA) is 113 Å². The summed E-state index contributed by atoms with van der Waals surface area (Å²) < 4.78 is 50.8. The van der Waals surface area contributed by atoms with Gasteiger partial charge in [0.2, 0.25) is 10.0 Å². The highest BCUT2D eigenvalue weighted by atomic mass is 35.5. The molecular formula is C15H16Cl2N2O5S2. The van der Waals surface area contributed by atoms with Crippen LogP contribution in [0.4, 0.5) is 0 Å². The van der Waals surface area contributed by atoms with Gasteiger partial charge in [0.15, 0.2) is 9.84 Å². The van der Waals surface area contributed by atoms with Crippen LogP contribution in [0.1, 0.15) is 19.0 Å². The van der Waals surface area contributed by atoms with E-state index in [0.29, 0.717) is 6.42 Å². The van der Waals surface area contributed by atoms with Gasteiger partial charge in [-0.2, -0.15) is 0 Å². The van der Waals surface area contributed by atoms with E-state index in [1.54, 1.807) is 6.92 Å². The first kappa shape index (κ1) is 20.9. The van der Waals surface area contributed by atoms with E-state index in [-0.39, 0.29) is 37.8 Å². The zero-order valence-corrected chi connectivity index (χ0v) is 16.8. The number of hydrogen-bond donors (Lipinski definition) is 2. The molecule has 0 unspecified atom stereocenters. The second-order valence-electron chi connectivity index (χ2n) is 5.39. The summed E-state index contributed by atoms with van der Waals surface area (Å²) in [5.74, 6) is -0.496. The van der Waals surface area contributed by atoms with Gasteiger partial charge in [0.05, 0.1) is 27.8 Å². The smallest absolute Gasteiger partial charge is 0.241 e. The molecule has 142 valence electrons. The maximum absolute atomic E-state index is 12.3. The second-order valence-corrected chi connectivity index (χ2v) is 10.1. The Morgan fingerprint density at radius 1 is 1.04 bits per heavy atom. The summed E-state index contributed by atoms with van der Waals surface area (Å²) in [4.78, 5) is 3.59. The second kappa shape index (κ2) is 8.10. The van der Waals surface area contributed by atoms with Gasteiger partial charge in [0.1, 0.15) is 5.75 Å². The van der Waals surface area contributed by atoms with E-state index in [1.165, 1.54) is 18.2 Å². The number of benzene rings is 1. The van der Waals surface area contributed by atoms with Crippen molar-refractivity contribution in [1.29, 1.82) is 0 Å². The number of nitrogens with zero attached hydrogens (tertiary/aromatic N) is 1. The molecule has 0 saturated heterocycles. The number of sulfone groups is 1. The quantitative estimate of drug-likeness (QED) is 0.686. The van der Waals surface area contributed by atoms with Gasteiger partial charge >= 0.3 is 0 Å². The highest BCUT2D eigenvalue weighted by molar-refractivity contribution is 7.91. The molecule has 0 saturated carbocycles. The maximum Gasteiger partial charge on any atom is 0.241 e. The summed E-state index contributed by atoms with van der Waals surface area (Å²) in [5.41, 5.74) is -0.0165. The normalized spacial score (nSPS) is 12.3. The van der Waals surface area contributed by atoms with Crippen molar-refractivity contribution >= 4 is 43.1 Å². The first-order valence-electron chi connectivity index (χ1n) is 7.41. The third-order valence-corrected chi connectivity index (χ3v) is 7.03. The molecule has 0 amide bonds. The van der Waals surface area contributed by atoms with Gasteiger partial charge in [0.25, 0.3) is 0 Å². The lowest BCUT2D eigenvalue weighted by atomic mass is 10.3. The van der Waals surface area contributed by atoms with Crippen molar-refractivity contribution in [2.45, 2.75) is 29.7 Å². The van der Waals surface area contributed by atoms with Crippen LogP contribution in [0.3, 0.4) is 0 Å². The molecule has 1 aromatic heterocycles. The first-order chi connectivity index (χ1) is 12.0. The van der Waals surface area contributed by atoms with Crippen molar-refractivity contribution in [3.63, 3.8) is 0 Å². The Balaban J connectivity index is 2.21. The van der Waals surface area contributed by atoms with E-state index >= 15 is 0 Å². The summed E-state index contributed by atoms with van der Waals surface area (Å²) in [6, 6.07) is 4.90. The minimum Gasteiger partial charge on any atom is -0.506 e. The zero-order valence-electron chi connectivity index (χ0n) is 13.6. The third-order valence-electron chi connectivity index (χ3n) is 3.33. The van der Waals surface area contributed by atoms with Crippen LogP contribution in [-0.2, 0) is 26.4 Å². The summed E-state index contributed by atoms with van der Waals surface area (Å²) in [6.45, 7) is 1.38. The van der Waals surface area contributed by atoms with Gasteiger partial charge < -0.3 is 5.11 Å². The molecule has 2 aromatic rings. The Morgan fingerprint density at radius 2 is 1.65 bits per heavy atom. The standard InChI is InChI=1S/C15H16Cl2N2O5S2/c1-2-3-25(21,22)13-7-15(20)14(18-8-13)9-19-26(23,24)12-5-10(16)4-11(17)6-12/h4-8,19-20H,2-3,9H2,1H3. The van der Waals surface area contributed by atoms with E-state index in [0.717, 1.165) is 12.3 Å². The summed E-state index contributed by atoms with van der Waals surface area (Å²) >= 11 is 11.6. The predicted molar refractivity (Wildman–Crippen MR) is 98.7 cm³/mol. The summed E-state index contributed by atoms with van der Waals surface area (Å²) in [7, 11) is -7.49. The van der Waals surface area contributed by atoms with Crippen molar-refractivity contribution in [1.82, 2.24) is 9.71 Å². The minimum atomic E-state index is -3.96. The molecule has 0 bridgehead atoms. The van der Waals surface area contributed by atoms with E-state index in [4.69, 9.17) is 23.2 Å². The molecule has 0 spiro atoms. The van der Waals surface area contributed by atoms with Crippen molar-refractivity contribution in [3.05, 3.63) is 46.2 Å². The fraction of sp³-hybridized carbons (Fsp3) is 0.267. The van der Waals surface area contributed by atoms with Gasteiger partial charge in [0, 0.05) is 22.3 Å². The number of sulfonamides is 1. The average molecular weight is 439 g/mol. The highest BCUT2D eigenvalue weighted by Crippen LogP contribution is 2.24. The number of rotatable bonds is 7. The van der Waals surface area contributed by atoms with Crippen molar-refractivity contribution in [2.24, 2.45) is 0 Å². The minimum absolute atomic E-state index is 0.0165. The Labute approximate surface area is 162 Å². The van der Waals surface area contributed by atoms with Gasteiger partial charge in [-0.1, -0.05) is 30.1 Å². The largest absolute Gasteiger partial charge is 0.506 e. The van der Waals surface area contributed by atoms with E-state index in [1.807, 2.05) is 0 Å². The van der Waals surface area contributed by atoms with Gasteiger partial charge in [-0.25, -0.2) is 21.6 Å². The van der Waals surface area contributed by atoms with Crippen LogP contribution in [0, 0.1) is 0 Å². The van der Waals surface area contributed by atoms with Crippen LogP contribution in [0.2, 0.25) is 10.0 Å².